The summed E-state index contributed by atoms with van der Waals surface area (Å²) in [5, 5.41) is 14.1. The molecule has 1 saturated heterocycles. The Hall–Kier alpha value is -2.48. The summed E-state index contributed by atoms with van der Waals surface area (Å²) in [5.74, 6) is -1.26. The van der Waals surface area contributed by atoms with E-state index in [4.69, 9.17) is 11.6 Å². The van der Waals surface area contributed by atoms with Crippen LogP contribution in [0.1, 0.15) is 22.3 Å². The molecule has 1 aliphatic rings. The number of likely N-dealkylation sites (tertiary alicyclic amines) is 1. The van der Waals surface area contributed by atoms with E-state index in [1.165, 1.54) is 6.07 Å². The van der Waals surface area contributed by atoms with Crippen molar-refractivity contribution < 1.29 is 19.1 Å². The summed E-state index contributed by atoms with van der Waals surface area (Å²) in [7, 11) is 3.60. The Labute approximate surface area is 180 Å². The van der Waals surface area contributed by atoms with Gasteiger partial charge in [-0.1, -0.05) is 41.9 Å². The Kier molecular flexibility index (Phi) is 6.75. The number of nitrogens with one attached hydrogen (secondary N) is 1. The molecule has 0 bridgehead atoms. The number of halogens is 2. The number of hydrogen-bond donors (Lipinski definition) is 2. The van der Waals surface area contributed by atoms with Crippen LogP contribution in [0.4, 0.5) is 4.39 Å². The first-order chi connectivity index (χ1) is 14.2. The van der Waals surface area contributed by atoms with Crippen LogP contribution in [0.3, 0.4) is 0 Å². The summed E-state index contributed by atoms with van der Waals surface area (Å²) in [6, 6.07) is 12.7. The van der Waals surface area contributed by atoms with E-state index in [1.807, 2.05) is 30.3 Å². The highest BCUT2D eigenvalue weighted by molar-refractivity contribution is 6.31. The quantitative estimate of drug-likeness (QED) is 0.758. The van der Waals surface area contributed by atoms with Gasteiger partial charge in [-0.15, -0.1) is 0 Å². The van der Waals surface area contributed by atoms with Crippen LogP contribution in [0.2, 0.25) is 5.02 Å². The zero-order chi connectivity index (χ0) is 21.9. The number of nitrogens with zero attached hydrogens (tertiary/aromatic N) is 2. The molecule has 30 heavy (non-hydrogen) atoms. The molecule has 2 atom stereocenters. The van der Waals surface area contributed by atoms with Gasteiger partial charge in [-0.2, -0.15) is 0 Å². The number of aliphatic hydroxyl groups excluding tert-OH is 1. The lowest BCUT2D eigenvalue weighted by molar-refractivity contribution is -0.137. The first-order valence-electron chi connectivity index (χ1n) is 9.66. The molecule has 0 aliphatic carbocycles. The van der Waals surface area contributed by atoms with Gasteiger partial charge < -0.3 is 20.2 Å². The second-order valence-corrected chi connectivity index (χ2v) is 8.23. The third-order valence-electron chi connectivity index (χ3n) is 5.29. The highest BCUT2D eigenvalue weighted by Gasteiger charge is 2.46. The van der Waals surface area contributed by atoms with Crippen LogP contribution in [0.25, 0.3) is 0 Å². The number of piperidine rings is 1. The van der Waals surface area contributed by atoms with Crippen molar-refractivity contribution in [2.24, 2.45) is 0 Å². The van der Waals surface area contributed by atoms with Crippen molar-refractivity contribution in [1.29, 1.82) is 0 Å². The van der Waals surface area contributed by atoms with E-state index in [9.17, 15) is 19.1 Å². The molecule has 160 valence electrons. The molecule has 1 aliphatic heterocycles. The number of hydrogen-bond acceptors (Lipinski definition) is 4. The van der Waals surface area contributed by atoms with Crippen LogP contribution in [-0.4, -0.2) is 66.6 Å². The lowest BCUT2D eigenvalue weighted by atomic mass is 9.78. The largest absolute Gasteiger partial charge is 0.388 e. The minimum atomic E-state index is -1.12. The van der Waals surface area contributed by atoms with Crippen molar-refractivity contribution in [3.63, 3.8) is 0 Å². The molecule has 0 aromatic heterocycles. The lowest BCUT2D eigenvalue weighted by Gasteiger charge is -2.46. The Morgan fingerprint density at radius 3 is 2.57 bits per heavy atom. The predicted molar refractivity (Wildman–Crippen MR) is 113 cm³/mol. The second kappa shape index (κ2) is 9.12. The summed E-state index contributed by atoms with van der Waals surface area (Å²) in [5.41, 5.74) is -0.340. The van der Waals surface area contributed by atoms with Crippen molar-refractivity contribution >= 4 is 23.4 Å². The molecule has 0 saturated carbocycles. The van der Waals surface area contributed by atoms with Crippen molar-refractivity contribution in [3.05, 3.63) is 70.5 Å². The molecule has 2 aromatic rings. The number of amides is 2. The fourth-order valence-electron chi connectivity index (χ4n) is 3.78. The van der Waals surface area contributed by atoms with Crippen LogP contribution in [0.5, 0.6) is 0 Å². The standard InChI is InChI=1S/C22H25ClFN3O3/c1-26(2)14-20(29)27-9-8-22(19(28)13-27,16-6-4-3-5-7-16)25-21(30)15-10-17(23)12-18(24)11-15/h3-7,10-12,19,28H,8-9,13-14H2,1-2H3,(H,25,30)/t19-,22+/m1/s1. The Balaban J connectivity index is 1.90. The monoisotopic (exact) mass is 433 g/mol. The molecule has 1 fully saturated rings. The zero-order valence-corrected chi connectivity index (χ0v) is 17.7. The maximum Gasteiger partial charge on any atom is 0.252 e. The fourth-order valence-corrected chi connectivity index (χ4v) is 4.00. The van der Waals surface area contributed by atoms with Crippen molar-refractivity contribution in [2.75, 3.05) is 33.7 Å². The predicted octanol–water partition coefficient (Wildman–Crippen LogP) is 2.26. The molecule has 2 aromatic carbocycles. The molecular formula is C22H25ClFN3O3. The molecular weight excluding hydrogens is 409 g/mol. The molecule has 0 unspecified atom stereocenters. The summed E-state index contributed by atoms with van der Waals surface area (Å²) in [6.07, 6.45) is -0.737. The highest BCUT2D eigenvalue weighted by atomic mass is 35.5. The molecule has 6 nitrogen and oxygen atoms in total. The number of carbonyl (C=O) groups is 2. The smallest absolute Gasteiger partial charge is 0.252 e. The highest BCUT2D eigenvalue weighted by Crippen LogP contribution is 2.34. The van der Waals surface area contributed by atoms with Gasteiger partial charge in [-0.05, 0) is 44.3 Å². The SMILES string of the molecule is CN(C)CC(=O)N1CC[C@](NC(=O)c2cc(F)cc(Cl)c2)(c2ccccc2)[C@H](O)C1. The first-order valence-corrected chi connectivity index (χ1v) is 10.0. The summed E-state index contributed by atoms with van der Waals surface area (Å²) in [4.78, 5) is 28.8. The normalized spacial score (nSPS) is 21.5. The van der Waals surface area contributed by atoms with Crippen molar-refractivity contribution in [2.45, 2.75) is 18.1 Å². The van der Waals surface area contributed by atoms with Gasteiger partial charge in [0.25, 0.3) is 5.91 Å². The van der Waals surface area contributed by atoms with Gasteiger partial charge in [0, 0.05) is 23.7 Å². The third kappa shape index (κ3) is 4.80. The zero-order valence-electron chi connectivity index (χ0n) is 16.9. The van der Waals surface area contributed by atoms with Crippen LogP contribution in [0.15, 0.2) is 48.5 Å². The van der Waals surface area contributed by atoms with E-state index in [0.29, 0.717) is 18.5 Å². The number of likely N-dealkylation sites (N-methyl/N-ethyl adjacent to an activating group) is 1. The van der Waals surface area contributed by atoms with Crippen molar-refractivity contribution in [3.8, 4) is 0 Å². The summed E-state index contributed by atoms with van der Waals surface area (Å²) in [6.45, 7) is 0.674. The Bertz CT molecular complexity index is 905. The Morgan fingerprint density at radius 2 is 1.97 bits per heavy atom. The average Bonchev–Trinajstić information content (AvgIpc) is 2.68. The van der Waals surface area contributed by atoms with Gasteiger partial charge in [0.2, 0.25) is 5.91 Å². The summed E-state index contributed by atoms with van der Waals surface area (Å²) >= 11 is 5.90. The molecule has 2 amide bonds. The lowest BCUT2D eigenvalue weighted by Crippen LogP contribution is -2.63. The van der Waals surface area contributed by atoms with Crippen molar-refractivity contribution in [1.82, 2.24) is 15.1 Å². The first kappa shape index (κ1) is 22.2. The second-order valence-electron chi connectivity index (χ2n) is 7.79. The van der Waals surface area contributed by atoms with Gasteiger partial charge in [-0.3, -0.25) is 9.59 Å². The number of rotatable bonds is 5. The van der Waals surface area contributed by atoms with Crippen LogP contribution < -0.4 is 5.32 Å². The van der Waals surface area contributed by atoms with E-state index in [-0.39, 0.29) is 29.6 Å². The Morgan fingerprint density at radius 1 is 1.27 bits per heavy atom. The molecule has 1 heterocycles. The van der Waals surface area contributed by atoms with Crippen LogP contribution in [-0.2, 0) is 10.3 Å². The van der Waals surface area contributed by atoms with E-state index in [1.54, 1.807) is 23.9 Å². The van der Waals surface area contributed by atoms with E-state index in [2.05, 4.69) is 5.32 Å². The van der Waals surface area contributed by atoms with E-state index < -0.39 is 23.4 Å². The summed E-state index contributed by atoms with van der Waals surface area (Å²) < 4.78 is 13.7. The van der Waals surface area contributed by atoms with Crippen LogP contribution >= 0.6 is 11.6 Å². The van der Waals surface area contributed by atoms with Gasteiger partial charge in [0.15, 0.2) is 0 Å². The van der Waals surface area contributed by atoms with Gasteiger partial charge >= 0.3 is 0 Å². The van der Waals surface area contributed by atoms with Crippen LogP contribution in [0, 0.1) is 5.82 Å². The molecule has 0 spiro atoms. The third-order valence-corrected chi connectivity index (χ3v) is 5.51. The fraction of sp³-hybridized carbons (Fsp3) is 0.364. The molecule has 2 N–H and O–H groups in total. The molecule has 3 rings (SSSR count). The number of β-amino-alcohol motifs (C(OH)–C–C–N with tert-alkyl or cyclic N) is 1. The topological polar surface area (TPSA) is 72.9 Å². The molecule has 8 heteroatoms. The van der Waals surface area contributed by atoms with E-state index >= 15 is 0 Å². The number of benzene rings is 2. The van der Waals surface area contributed by atoms with E-state index in [0.717, 1.165) is 12.1 Å². The minimum Gasteiger partial charge on any atom is -0.388 e. The number of carbonyl (C=O) groups excluding carboxylic acids is 2. The average molecular weight is 434 g/mol. The minimum absolute atomic E-state index is 0.0635. The maximum absolute atomic E-state index is 13.7. The van der Waals surface area contributed by atoms with Gasteiger partial charge in [-0.25, -0.2) is 4.39 Å². The van der Waals surface area contributed by atoms with Gasteiger partial charge in [0.05, 0.1) is 18.2 Å². The van der Waals surface area contributed by atoms with Gasteiger partial charge in [0.1, 0.15) is 5.82 Å². The maximum atomic E-state index is 13.7. The number of aliphatic hydroxyl groups is 1. The molecule has 0 radical (unpaired) electrons.